The first kappa shape index (κ1) is 9.71. The van der Waals surface area contributed by atoms with Crippen molar-refractivity contribution in [1.82, 2.24) is 4.57 Å². The second-order valence-electron chi connectivity index (χ2n) is 3.61. The van der Waals surface area contributed by atoms with E-state index in [0.717, 1.165) is 17.0 Å². The number of carbonyl (C=O) groups is 1. The Morgan fingerprint density at radius 1 is 1.07 bits per heavy atom. The van der Waals surface area contributed by atoms with Crippen molar-refractivity contribution in [2.45, 2.75) is 6.92 Å². The molecule has 1 aromatic carbocycles. The van der Waals surface area contributed by atoms with E-state index in [-0.39, 0.29) is 5.78 Å². The van der Waals surface area contributed by atoms with Crippen molar-refractivity contribution in [3.8, 4) is 0 Å². The van der Waals surface area contributed by atoms with Gasteiger partial charge in [-0.3, -0.25) is 4.79 Å². The van der Waals surface area contributed by atoms with Crippen molar-refractivity contribution in [1.29, 1.82) is 0 Å². The smallest absolute Gasteiger partial charge is 0.209 e. The van der Waals surface area contributed by atoms with Gasteiger partial charge >= 0.3 is 0 Å². The SMILES string of the molecule is Cc1ccc(C(=O)c2ccccc2)n1C. The lowest BCUT2D eigenvalue weighted by atomic mass is 10.1. The normalized spacial score (nSPS) is 10.3. The van der Waals surface area contributed by atoms with E-state index in [2.05, 4.69) is 0 Å². The Hall–Kier alpha value is -1.83. The van der Waals surface area contributed by atoms with E-state index in [1.165, 1.54) is 0 Å². The molecule has 1 aromatic heterocycles. The lowest BCUT2D eigenvalue weighted by Gasteiger charge is -2.03. The van der Waals surface area contributed by atoms with E-state index in [0.29, 0.717) is 0 Å². The number of carbonyl (C=O) groups excluding carboxylic acids is 1. The van der Waals surface area contributed by atoms with Crippen molar-refractivity contribution < 1.29 is 4.79 Å². The number of rotatable bonds is 2. The molecule has 0 saturated heterocycles. The summed E-state index contributed by atoms with van der Waals surface area (Å²) in [5.74, 6) is 0.0752. The van der Waals surface area contributed by atoms with Crippen LogP contribution >= 0.6 is 0 Å². The Kier molecular flexibility index (Phi) is 2.42. The number of aromatic nitrogens is 1. The first-order valence-corrected chi connectivity index (χ1v) is 4.92. The van der Waals surface area contributed by atoms with Crippen LogP contribution in [0.25, 0.3) is 0 Å². The van der Waals surface area contributed by atoms with Gasteiger partial charge in [0, 0.05) is 18.3 Å². The number of nitrogens with zero attached hydrogens (tertiary/aromatic N) is 1. The summed E-state index contributed by atoms with van der Waals surface area (Å²) < 4.78 is 1.91. The van der Waals surface area contributed by atoms with Gasteiger partial charge in [-0.15, -0.1) is 0 Å². The maximum Gasteiger partial charge on any atom is 0.209 e. The van der Waals surface area contributed by atoms with Crippen molar-refractivity contribution in [3.63, 3.8) is 0 Å². The van der Waals surface area contributed by atoms with Crippen LogP contribution < -0.4 is 0 Å². The van der Waals surface area contributed by atoms with Crippen molar-refractivity contribution in [2.24, 2.45) is 7.05 Å². The molecule has 2 heteroatoms. The zero-order valence-corrected chi connectivity index (χ0v) is 8.90. The van der Waals surface area contributed by atoms with Gasteiger partial charge in [0.05, 0.1) is 5.69 Å². The van der Waals surface area contributed by atoms with Gasteiger partial charge in [0.2, 0.25) is 5.78 Å². The minimum absolute atomic E-state index is 0.0752. The summed E-state index contributed by atoms with van der Waals surface area (Å²) in [5, 5.41) is 0. The summed E-state index contributed by atoms with van der Waals surface area (Å²) in [5.41, 5.74) is 2.56. The molecular weight excluding hydrogens is 186 g/mol. The Morgan fingerprint density at radius 2 is 1.73 bits per heavy atom. The lowest BCUT2D eigenvalue weighted by molar-refractivity contribution is 0.103. The van der Waals surface area contributed by atoms with Gasteiger partial charge in [-0.25, -0.2) is 0 Å². The summed E-state index contributed by atoms with van der Waals surface area (Å²) in [6.07, 6.45) is 0. The Morgan fingerprint density at radius 3 is 2.27 bits per heavy atom. The third kappa shape index (κ3) is 1.71. The van der Waals surface area contributed by atoms with Crippen molar-refractivity contribution in [2.75, 3.05) is 0 Å². The van der Waals surface area contributed by atoms with Gasteiger partial charge in [-0.05, 0) is 19.1 Å². The fourth-order valence-electron chi connectivity index (χ4n) is 1.58. The molecule has 0 spiro atoms. The molecule has 2 aromatic rings. The summed E-state index contributed by atoms with van der Waals surface area (Å²) >= 11 is 0. The summed E-state index contributed by atoms with van der Waals surface area (Å²) in [7, 11) is 1.91. The molecule has 0 bridgehead atoms. The third-order valence-corrected chi connectivity index (χ3v) is 2.64. The highest BCUT2D eigenvalue weighted by atomic mass is 16.1. The molecule has 2 rings (SSSR count). The molecule has 76 valence electrons. The zero-order chi connectivity index (χ0) is 10.8. The molecule has 0 amide bonds. The van der Waals surface area contributed by atoms with E-state index in [1.54, 1.807) is 0 Å². The van der Waals surface area contributed by atoms with Crippen LogP contribution in [0.1, 0.15) is 21.7 Å². The largest absolute Gasteiger partial charge is 0.345 e. The average Bonchev–Trinajstić information content (AvgIpc) is 2.60. The van der Waals surface area contributed by atoms with Gasteiger partial charge in [-0.2, -0.15) is 0 Å². The molecule has 2 nitrogen and oxygen atoms in total. The third-order valence-electron chi connectivity index (χ3n) is 2.64. The molecule has 0 radical (unpaired) electrons. The van der Waals surface area contributed by atoms with Crippen molar-refractivity contribution in [3.05, 3.63) is 59.4 Å². The number of hydrogen-bond acceptors (Lipinski definition) is 1. The van der Waals surface area contributed by atoms with Gasteiger partial charge < -0.3 is 4.57 Å². The first-order valence-electron chi connectivity index (χ1n) is 4.92. The summed E-state index contributed by atoms with van der Waals surface area (Å²) in [6, 6.07) is 13.2. The zero-order valence-electron chi connectivity index (χ0n) is 8.90. The monoisotopic (exact) mass is 199 g/mol. The fraction of sp³-hybridized carbons (Fsp3) is 0.154. The second kappa shape index (κ2) is 3.73. The molecule has 0 aliphatic rings. The Balaban J connectivity index is 2.42. The van der Waals surface area contributed by atoms with Crippen LogP contribution in [0.5, 0.6) is 0 Å². The summed E-state index contributed by atoms with van der Waals surface area (Å²) in [6.45, 7) is 1.99. The molecule has 0 unspecified atom stereocenters. The number of ketones is 1. The van der Waals surface area contributed by atoms with Crippen LogP contribution in [0.3, 0.4) is 0 Å². The number of aryl methyl sites for hydroxylation is 1. The minimum atomic E-state index is 0.0752. The number of benzene rings is 1. The molecule has 0 fully saturated rings. The van der Waals surface area contributed by atoms with E-state index in [4.69, 9.17) is 0 Å². The van der Waals surface area contributed by atoms with Crippen LogP contribution in [0.2, 0.25) is 0 Å². The highest BCUT2D eigenvalue weighted by Crippen LogP contribution is 2.12. The molecule has 15 heavy (non-hydrogen) atoms. The Bertz CT molecular complexity index is 482. The summed E-state index contributed by atoms with van der Waals surface area (Å²) in [4.78, 5) is 12.1. The predicted molar refractivity (Wildman–Crippen MR) is 60.0 cm³/mol. The van der Waals surface area contributed by atoms with Gasteiger partial charge in [0.15, 0.2) is 0 Å². The topological polar surface area (TPSA) is 22.0 Å². The standard InChI is InChI=1S/C13H13NO/c1-10-8-9-12(14(10)2)13(15)11-6-4-3-5-7-11/h3-9H,1-2H3. The van der Waals surface area contributed by atoms with Crippen molar-refractivity contribution >= 4 is 5.78 Å². The maximum atomic E-state index is 12.1. The molecular formula is C13H13NO. The molecule has 0 aliphatic heterocycles. The minimum Gasteiger partial charge on any atom is -0.345 e. The highest BCUT2D eigenvalue weighted by Gasteiger charge is 2.12. The molecule has 0 saturated carbocycles. The highest BCUT2D eigenvalue weighted by molar-refractivity contribution is 6.08. The van der Waals surface area contributed by atoms with Crippen LogP contribution in [0, 0.1) is 6.92 Å². The van der Waals surface area contributed by atoms with E-state index in [1.807, 2.05) is 61.0 Å². The molecule has 0 atom stereocenters. The van der Waals surface area contributed by atoms with Gasteiger partial charge in [0.1, 0.15) is 0 Å². The van der Waals surface area contributed by atoms with E-state index in [9.17, 15) is 4.79 Å². The fourth-order valence-corrected chi connectivity index (χ4v) is 1.58. The second-order valence-corrected chi connectivity index (χ2v) is 3.61. The number of hydrogen-bond donors (Lipinski definition) is 0. The maximum absolute atomic E-state index is 12.1. The van der Waals surface area contributed by atoms with E-state index >= 15 is 0 Å². The van der Waals surface area contributed by atoms with Crippen LogP contribution in [-0.4, -0.2) is 10.4 Å². The van der Waals surface area contributed by atoms with E-state index < -0.39 is 0 Å². The van der Waals surface area contributed by atoms with Crippen LogP contribution in [0.15, 0.2) is 42.5 Å². The molecule has 0 aliphatic carbocycles. The van der Waals surface area contributed by atoms with Gasteiger partial charge in [0.25, 0.3) is 0 Å². The molecule has 0 N–H and O–H groups in total. The van der Waals surface area contributed by atoms with Crippen LogP contribution in [0.4, 0.5) is 0 Å². The lowest BCUT2D eigenvalue weighted by Crippen LogP contribution is -2.07. The Labute approximate surface area is 89.2 Å². The molecule has 1 heterocycles. The average molecular weight is 199 g/mol. The first-order chi connectivity index (χ1) is 7.20. The van der Waals surface area contributed by atoms with Crippen LogP contribution in [-0.2, 0) is 7.05 Å². The predicted octanol–water partition coefficient (Wildman–Crippen LogP) is 2.56. The van der Waals surface area contributed by atoms with Gasteiger partial charge in [-0.1, -0.05) is 30.3 Å². The quantitative estimate of drug-likeness (QED) is 0.681.